The van der Waals surface area contributed by atoms with Crippen LogP contribution in [0.4, 0.5) is 8.78 Å². The summed E-state index contributed by atoms with van der Waals surface area (Å²) < 4.78 is 30.4. The Morgan fingerprint density at radius 2 is 2.04 bits per heavy atom. The van der Waals surface area contributed by atoms with Crippen molar-refractivity contribution >= 4 is 27.6 Å². The third-order valence-corrected chi connectivity index (χ3v) is 5.28. The van der Waals surface area contributed by atoms with E-state index in [1.165, 1.54) is 12.1 Å². The van der Waals surface area contributed by atoms with E-state index in [0.717, 1.165) is 25.7 Å². The molecule has 2 fully saturated rings. The zero-order valence-corrected chi connectivity index (χ0v) is 14.6. The van der Waals surface area contributed by atoms with Gasteiger partial charge in [-0.25, -0.2) is 0 Å². The van der Waals surface area contributed by atoms with E-state index in [0.29, 0.717) is 17.4 Å². The lowest BCUT2D eigenvalue weighted by Crippen LogP contribution is -2.53. The minimum absolute atomic E-state index is 0.100. The predicted octanol–water partition coefficient (Wildman–Crippen LogP) is 4.02. The summed E-state index contributed by atoms with van der Waals surface area (Å²) in [5, 5.41) is 0. The summed E-state index contributed by atoms with van der Waals surface area (Å²) in [4.78, 5) is 26.8. The summed E-state index contributed by atoms with van der Waals surface area (Å²) in [6, 6.07) is 4.27. The van der Waals surface area contributed by atoms with E-state index in [4.69, 9.17) is 0 Å². The van der Waals surface area contributed by atoms with Crippen LogP contribution in [0.15, 0.2) is 22.7 Å². The van der Waals surface area contributed by atoms with E-state index in [1.54, 1.807) is 11.0 Å². The summed E-state index contributed by atoms with van der Waals surface area (Å²) in [6.45, 7) is -2.66. The van der Waals surface area contributed by atoms with Gasteiger partial charge in [0, 0.05) is 29.4 Å². The zero-order chi connectivity index (χ0) is 17.3. The number of hydrogen-bond donors (Lipinski definition) is 0. The second kappa shape index (κ2) is 7.17. The van der Waals surface area contributed by atoms with Crippen molar-refractivity contribution in [3.8, 4) is 5.75 Å². The van der Waals surface area contributed by atoms with Gasteiger partial charge in [-0.3, -0.25) is 9.59 Å². The van der Waals surface area contributed by atoms with Crippen LogP contribution >= 0.6 is 15.9 Å². The van der Waals surface area contributed by atoms with Crippen molar-refractivity contribution in [2.75, 3.05) is 6.54 Å². The zero-order valence-electron chi connectivity index (χ0n) is 13.0. The van der Waals surface area contributed by atoms with E-state index in [2.05, 4.69) is 20.7 Å². The van der Waals surface area contributed by atoms with Crippen LogP contribution in [0.1, 0.15) is 42.5 Å². The minimum Gasteiger partial charge on any atom is -0.434 e. The van der Waals surface area contributed by atoms with Crippen LogP contribution in [0.3, 0.4) is 0 Å². The van der Waals surface area contributed by atoms with Gasteiger partial charge in [-0.15, -0.1) is 0 Å². The molecule has 0 spiro atoms. The third-order valence-electron chi connectivity index (χ3n) is 4.79. The van der Waals surface area contributed by atoms with Gasteiger partial charge in [0.15, 0.2) is 0 Å². The second-order valence-corrected chi connectivity index (χ2v) is 7.11. The number of likely N-dealkylation sites (tertiary alicyclic amines) is 1. The smallest absolute Gasteiger partial charge is 0.387 e. The summed E-state index contributed by atoms with van der Waals surface area (Å²) in [5.41, 5.74) is 0.100. The number of fused-ring (bicyclic) bond motifs is 1. The number of hydrogen-bond acceptors (Lipinski definition) is 3. The number of carbonyl (C=O) groups excluding carboxylic acids is 2. The Hall–Kier alpha value is -1.50. The maximum absolute atomic E-state index is 13.0. The Morgan fingerprint density at radius 3 is 2.79 bits per heavy atom. The lowest BCUT2D eigenvalue weighted by Gasteiger charge is -2.43. The summed E-state index contributed by atoms with van der Waals surface area (Å²) in [5.74, 6) is -0.399. The van der Waals surface area contributed by atoms with Gasteiger partial charge in [-0.1, -0.05) is 28.8 Å². The molecule has 0 unspecified atom stereocenters. The number of piperidine rings is 1. The van der Waals surface area contributed by atoms with Gasteiger partial charge in [-0.05, 0) is 31.0 Å². The monoisotopic (exact) mass is 401 g/mol. The van der Waals surface area contributed by atoms with Crippen LogP contribution in [0.5, 0.6) is 5.75 Å². The number of ketones is 1. The number of alkyl halides is 2. The highest BCUT2D eigenvalue weighted by atomic mass is 79.9. The molecule has 0 N–H and O–H groups in total. The van der Waals surface area contributed by atoms with Crippen LogP contribution < -0.4 is 4.74 Å². The summed E-state index contributed by atoms with van der Waals surface area (Å²) in [7, 11) is 0. The van der Waals surface area contributed by atoms with E-state index < -0.39 is 6.61 Å². The fourth-order valence-electron chi connectivity index (χ4n) is 3.72. The predicted molar refractivity (Wildman–Crippen MR) is 87.2 cm³/mol. The lowest BCUT2D eigenvalue weighted by atomic mass is 9.77. The molecule has 1 saturated carbocycles. The molecule has 2 atom stereocenters. The number of amides is 1. The number of carbonyl (C=O) groups is 2. The van der Waals surface area contributed by atoms with Gasteiger partial charge in [0.05, 0.1) is 5.56 Å². The molecule has 0 radical (unpaired) electrons. The van der Waals surface area contributed by atoms with Gasteiger partial charge in [0.1, 0.15) is 11.5 Å². The van der Waals surface area contributed by atoms with Crippen molar-refractivity contribution in [1.29, 1.82) is 0 Å². The number of Topliss-reactive ketones (excluding diaryl/α,β-unsaturated/α-hetero) is 1. The Bertz CT molecular complexity index is 653. The number of benzene rings is 1. The largest absolute Gasteiger partial charge is 0.434 e. The van der Waals surface area contributed by atoms with Crippen LogP contribution in [-0.4, -0.2) is 35.8 Å². The molecule has 1 amide bonds. The maximum Gasteiger partial charge on any atom is 0.387 e. The Kier molecular flexibility index (Phi) is 5.18. The molecule has 4 nitrogen and oxygen atoms in total. The fourth-order valence-corrected chi connectivity index (χ4v) is 4.08. The fraction of sp³-hybridized carbons (Fsp3) is 0.529. The van der Waals surface area contributed by atoms with Gasteiger partial charge >= 0.3 is 6.61 Å². The van der Waals surface area contributed by atoms with Crippen molar-refractivity contribution in [1.82, 2.24) is 4.90 Å². The van der Waals surface area contributed by atoms with E-state index in [1.807, 2.05) is 0 Å². The van der Waals surface area contributed by atoms with E-state index in [-0.39, 0.29) is 35.0 Å². The molecule has 0 aromatic heterocycles. The third kappa shape index (κ3) is 3.45. The molecule has 24 heavy (non-hydrogen) atoms. The first-order valence-electron chi connectivity index (χ1n) is 8.05. The first-order valence-corrected chi connectivity index (χ1v) is 8.84. The molecular formula is C17H18BrF2NO3. The molecule has 7 heteroatoms. The molecule has 2 aliphatic rings. The van der Waals surface area contributed by atoms with Gasteiger partial charge < -0.3 is 9.64 Å². The van der Waals surface area contributed by atoms with Crippen molar-refractivity contribution in [2.24, 2.45) is 5.92 Å². The highest BCUT2D eigenvalue weighted by Crippen LogP contribution is 2.35. The van der Waals surface area contributed by atoms with Gasteiger partial charge in [-0.2, -0.15) is 8.78 Å². The summed E-state index contributed by atoms with van der Waals surface area (Å²) in [6.07, 6.45) is 3.86. The Morgan fingerprint density at radius 1 is 1.29 bits per heavy atom. The topological polar surface area (TPSA) is 46.6 Å². The molecule has 1 aliphatic carbocycles. The number of nitrogens with zero attached hydrogens (tertiary/aromatic N) is 1. The number of ether oxygens (including phenoxy) is 1. The second-order valence-electron chi connectivity index (χ2n) is 6.19. The highest BCUT2D eigenvalue weighted by molar-refractivity contribution is 9.10. The van der Waals surface area contributed by atoms with Crippen molar-refractivity contribution in [3.63, 3.8) is 0 Å². The quantitative estimate of drug-likeness (QED) is 0.767. The SMILES string of the molecule is O=C1CCN(C(=O)c2cc(Br)ccc2OC(F)F)[C@@H]2CCCC[C@@H]12. The first kappa shape index (κ1) is 17.3. The van der Waals surface area contributed by atoms with Crippen LogP contribution in [0.25, 0.3) is 0 Å². The molecular weight excluding hydrogens is 384 g/mol. The number of rotatable bonds is 3. The molecule has 130 valence electrons. The maximum atomic E-state index is 13.0. The van der Waals surface area contributed by atoms with Gasteiger partial charge in [0.2, 0.25) is 0 Å². The van der Waals surface area contributed by atoms with E-state index >= 15 is 0 Å². The minimum atomic E-state index is -3.00. The normalized spacial score (nSPS) is 24.0. The molecule has 1 aliphatic heterocycles. The Balaban J connectivity index is 1.90. The van der Waals surface area contributed by atoms with Crippen LogP contribution in [0, 0.1) is 5.92 Å². The molecule has 1 heterocycles. The van der Waals surface area contributed by atoms with Gasteiger partial charge in [0.25, 0.3) is 5.91 Å². The highest BCUT2D eigenvalue weighted by Gasteiger charge is 2.41. The van der Waals surface area contributed by atoms with Crippen molar-refractivity contribution in [3.05, 3.63) is 28.2 Å². The van der Waals surface area contributed by atoms with Crippen molar-refractivity contribution in [2.45, 2.75) is 44.8 Å². The average molecular weight is 402 g/mol. The van der Waals surface area contributed by atoms with Crippen molar-refractivity contribution < 1.29 is 23.1 Å². The molecule has 0 bridgehead atoms. The molecule has 1 saturated heterocycles. The average Bonchev–Trinajstić information content (AvgIpc) is 2.56. The molecule has 3 rings (SSSR count). The Labute approximate surface area is 147 Å². The molecule has 1 aromatic carbocycles. The standard InChI is InChI=1S/C17H18BrF2NO3/c18-10-5-6-15(24-17(19)20)12(9-10)16(23)21-8-7-14(22)11-3-1-2-4-13(11)21/h5-6,9,11,13,17H,1-4,7-8H2/t11-,13-/m1/s1. The van der Waals surface area contributed by atoms with Crippen LogP contribution in [-0.2, 0) is 4.79 Å². The molecule has 1 aromatic rings. The number of halogens is 3. The lowest BCUT2D eigenvalue weighted by molar-refractivity contribution is -0.129. The van der Waals surface area contributed by atoms with E-state index in [9.17, 15) is 18.4 Å². The van der Waals surface area contributed by atoms with Crippen LogP contribution in [0.2, 0.25) is 0 Å². The first-order chi connectivity index (χ1) is 11.5. The summed E-state index contributed by atoms with van der Waals surface area (Å²) >= 11 is 3.27.